The summed E-state index contributed by atoms with van der Waals surface area (Å²) in [7, 11) is -4.50. The highest BCUT2D eigenvalue weighted by atomic mass is 32.2. The lowest BCUT2D eigenvalue weighted by molar-refractivity contribution is -0.150. The van der Waals surface area contributed by atoms with Gasteiger partial charge in [-0.2, -0.15) is 8.42 Å². The van der Waals surface area contributed by atoms with Crippen molar-refractivity contribution in [3.05, 3.63) is 29.8 Å². The van der Waals surface area contributed by atoms with Crippen LogP contribution >= 0.6 is 0 Å². The highest BCUT2D eigenvalue weighted by Gasteiger charge is 2.19. The Morgan fingerprint density at radius 3 is 2.31 bits per heavy atom. The molecule has 1 aromatic carbocycles. The van der Waals surface area contributed by atoms with Crippen molar-refractivity contribution in [1.29, 1.82) is 0 Å². The molecule has 8 heteroatoms. The number of carbonyl (C=O) groups excluding carboxylic acids is 2. The van der Waals surface area contributed by atoms with Crippen molar-refractivity contribution in [2.45, 2.75) is 63.2 Å². The lowest BCUT2D eigenvalue weighted by atomic mass is 10.1. The fourth-order valence-electron chi connectivity index (χ4n) is 2.48. The molecule has 146 valence electrons. The van der Waals surface area contributed by atoms with Crippen LogP contribution in [-0.2, 0) is 19.8 Å². The lowest BCUT2D eigenvalue weighted by Crippen LogP contribution is -2.27. The van der Waals surface area contributed by atoms with Crippen molar-refractivity contribution < 1.29 is 27.4 Å². The molecular weight excluding hydrogens is 358 g/mol. The number of unbranched alkanes of at least 4 members (excludes halogenated alkanes) is 6. The van der Waals surface area contributed by atoms with E-state index in [0.29, 0.717) is 0 Å². The molecule has 0 heterocycles. The number of hydrogen-bond donors (Lipinski definition) is 2. The maximum absolute atomic E-state index is 12.0. The van der Waals surface area contributed by atoms with Gasteiger partial charge in [0.05, 0.1) is 6.54 Å². The van der Waals surface area contributed by atoms with Gasteiger partial charge in [0, 0.05) is 12.0 Å². The molecule has 1 aromatic rings. The van der Waals surface area contributed by atoms with Crippen LogP contribution in [0.15, 0.2) is 29.2 Å². The van der Waals surface area contributed by atoms with Gasteiger partial charge in [0.2, 0.25) is 0 Å². The van der Waals surface area contributed by atoms with E-state index in [0.717, 1.165) is 25.3 Å². The van der Waals surface area contributed by atoms with Crippen LogP contribution in [0.3, 0.4) is 0 Å². The molecule has 0 aliphatic carbocycles. The fraction of sp³-hybridized carbons (Fsp3) is 0.556. The van der Waals surface area contributed by atoms with E-state index in [9.17, 15) is 18.0 Å². The van der Waals surface area contributed by atoms with Gasteiger partial charge >= 0.3 is 5.97 Å². The molecular formula is C18H27NO6S. The molecule has 7 nitrogen and oxygen atoms in total. The Hall–Kier alpha value is -1.77. The van der Waals surface area contributed by atoms with Crippen LogP contribution in [0.1, 0.15) is 68.6 Å². The van der Waals surface area contributed by atoms with E-state index in [4.69, 9.17) is 9.39 Å². The maximum Gasteiger partial charge on any atom is 0.324 e. The van der Waals surface area contributed by atoms with Crippen LogP contribution in [0.2, 0.25) is 0 Å². The molecule has 0 atom stereocenters. The largest absolute Gasteiger partial charge is 0.370 e. The molecule has 0 saturated heterocycles. The van der Waals surface area contributed by atoms with Gasteiger partial charge in [0.15, 0.2) is 5.78 Å². The quantitative estimate of drug-likeness (QED) is 0.232. The zero-order valence-corrected chi connectivity index (χ0v) is 15.9. The van der Waals surface area contributed by atoms with Gasteiger partial charge in [0.1, 0.15) is 4.90 Å². The van der Waals surface area contributed by atoms with Crippen molar-refractivity contribution in [2.75, 3.05) is 6.54 Å². The second kappa shape index (κ2) is 11.8. The lowest BCUT2D eigenvalue weighted by Gasteiger charge is -2.08. The fourth-order valence-corrected chi connectivity index (χ4v) is 3.19. The molecule has 0 amide bonds. The summed E-state index contributed by atoms with van der Waals surface area (Å²) in [4.78, 5) is 28.0. The monoisotopic (exact) mass is 385 g/mol. The number of benzene rings is 1. The van der Waals surface area contributed by atoms with E-state index in [1.807, 2.05) is 0 Å². The average molecular weight is 385 g/mol. The summed E-state index contributed by atoms with van der Waals surface area (Å²) in [6.45, 7) is 1.78. The molecule has 0 fully saturated rings. The predicted molar refractivity (Wildman–Crippen MR) is 97.3 cm³/mol. The zero-order chi connectivity index (χ0) is 19.4. The third-order valence-corrected chi connectivity index (χ3v) is 4.78. The maximum atomic E-state index is 12.0. The van der Waals surface area contributed by atoms with Crippen molar-refractivity contribution in [2.24, 2.45) is 0 Å². The molecule has 0 unspecified atom stereocenters. The molecule has 0 radical (unpaired) electrons. The summed E-state index contributed by atoms with van der Waals surface area (Å²) >= 11 is 0. The Bertz CT molecular complexity index is 687. The number of ketones is 1. The first kappa shape index (κ1) is 22.3. The molecule has 0 aromatic heterocycles. The molecule has 2 N–H and O–H groups in total. The van der Waals surface area contributed by atoms with E-state index in [-0.39, 0.29) is 18.5 Å². The third kappa shape index (κ3) is 8.55. The second-order valence-electron chi connectivity index (χ2n) is 6.06. The Labute approximate surface area is 154 Å². The molecule has 0 spiro atoms. The number of nitrogens with one attached hydrogen (secondary N) is 1. The summed E-state index contributed by atoms with van der Waals surface area (Å²) in [5.41, 5.74) is 2.09. The van der Waals surface area contributed by atoms with E-state index < -0.39 is 26.8 Å². The SMILES string of the molecule is CCCCCCCCCC(=O)ONCC(=O)c1ccccc1S(=O)(=O)O. The van der Waals surface area contributed by atoms with Gasteiger partial charge in [-0.1, -0.05) is 57.6 Å². The van der Waals surface area contributed by atoms with Crippen molar-refractivity contribution in [3.63, 3.8) is 0 Å². The van der Waals surface area contributed by atoms with Gasteiger partial charge in [0.25, 0.3) is 10.1 Å². The number of hydroxylamine groups is 1. The van der Waals surface area contributed by atoms with Gasteiger partial charge in [-0.15, -0.1) is 5.48 Å². The van der Waals surface area contributed by atoms with Gasteiger partial charge in [-0.05, 0) is 18.6 Å². The topological polar surface area (TPSA) is 110 Å². The van der Waals surface area contributed by atoms with Crippen molar-refractivity contribution >= 4 is 21.9 Å². The van der Waals surface area contributed by atoms with Gasteiger partial charge < -0.3 is 4.84 Å². The Morgan fingerprint density at radius 1 is 1.04 bits per heavy atom. The van der Waals surface area contributed by atoms with Gasteiger partial charge in [-0.25, -0.2) is 0 Å². The summed E-state index contributed by atoms with van der Waals surface area (Å²) in [6.07, 6.45) is 7.86. The minimum atomic E-state index is -4.50. The summed E-state index contributed by atoms with van der Waals surface area (Å²) < 4.78 is 31.7. The van der Waals surface area contributed by atoms with Crippen molar-refractivity contribution in [1.82, 2.24) is 5.48 Å². The van der Waals surface area contributed by atoms with Crippen molar-refractivity contribution in [3.8, 4) is 0 Å². The standard InChI is InChI=1S/C18H27NO6S/c1-2-3-4-5-6-7-8-13-18(21)25-19-14-16(20)15-11-9-10-12-17(15)26(22,23)24/h9-12,19H,2-8,13-14H2,1H3,(H,22,23,24). The predicted octanol–water partition coefficient (Wildman–Crippen LogP) is 3.30. The minimum absolute atomic E-state index is 0.161. The first-order valence-corrected chi connectivity index (χ1v) is 10.3. The van der Waals surface area contributed by atoms with Crippen LogP contribution in [0.5, 0.6) is 0 Å². The van der Waals surface area contributed by atoms with E-state index in [1.165, 1.54) is 43.9 Å². The summed E-state index contributed by atoms with van der Waals surface area (Å²) in [5, 5.41) is 0. The molecule has 0 saturated carbocycles. The Morgan fingerprint density at radius 2 is 1.65 bits per heavy atom. The van der Waals surface area contributed by atoms with E-state index in [2.05, 4.69) is 12.4 Å². The van der Waals surface area contributed by atoms with Crippen LogP contribution in [0.4, 0.5) is 0 Å². The summed E-state index contributed by atoms with van der Waals surface area (Å²) in [5.74, 6) is -1.07. The number of hydrogen-bond acceptors (Lipinski definition) is 6. The second-order valence-corrected chi connectivity index (χ2v) is 7.45. The van der Waals surface area contributed by atoms with Crippen LogP contribution in [0.25, 0.3) is 0 Å². The number of rotatable bonds is 13. The molecule has 0 aliphatic rings. The average Bonchev–Trinajstić information content (AvgIpc) is 2.60. The first-order chi connectivity index (χ1) is 12.4. The Balaban J connectivity index is 2.29. The molecule has 0 bridgehead atoms. The first-order valence-electron chi connectivity index (χ1n) is 8.88. The minimum Gasteiger partial charge on any atom is -0.370 e. The highest BCUT2D eigenvalue weighted by Crippen LogP contribution is 2.15. The number of Topliss-reactive ketones (excluding diaryl/α,β-unsaturated/α-hetero) is 1. The molecule has 0 aliphatic heterocycles. The molecule has 1 rings (SSSR count). The van der Waals surface area contributed by atoms with E-state index in [1.54, 1.807) is 0 Å². The third-order valence-electron chi connectivity index (χ3n) is 3.87. The summed E-state index contributed by atoms with van der Waals surface area (Å²) in [6, 6.07) is 5.30. The van der Waals surface area contributed by atoms with E-state index >= 15 is 0 Å². The van der Waals surface area contributed by atoms with Crippen LogP contribution in [0, 0.1) is 0 Å². The number of carbonyl (C=O) groups is 2. The van der Waals surface area contributed by atoms with Crippen LogP contribution < -0.4 is 5.48 Å². The van der Waals surface area contributed by atoms with Gasteiger partial charge in [-0.3, -0.25) is 14.1 Å². The highest BCUT2D eigenvalue weighted by molar-refractivity contribution is 7.86. The smallest absolute Gasteiger partial charge is 0.324 e. The Kier molecular flexibility index (Phi) is 10.1. The van der Waals surface area contributed by atoms with Crippen LogP contribution in [-0.4, -0.2) is 31.3 Å². The normalized spacial score (nSPS) is 11.3. The molecule has 26 heavy (non-hydrogen) atoms. The zero-order valence-electron chi connectivity index (χ0n) is 15.1.